The fourth-order valence-electron chi connectivity index (χ4n) is 4.99. The molecule has 0 unspecified atom stereocenters. The number of nitrogens with one attached hydrogen (secondary N) is 1. The molecule has 2 aromatic heterocycles. The number of thiocarbonyl (C=S) groups is 1. The van der Waals surface area contributed by atoms with Gasteiger partial charge in [-0.25, -0.2) is 4.79 Å². The first-order chi connectivity index (χ1) is 17.3. The van der Waals surface area contributed by atoms with Gasteiger partial charge in [0, 0.05) is 34.0 Å². The number of carbonyl (C=O) groups is 1. The molecule has 0 aliphatic carbocycles. The van der Waals surface area contributed by atoms with Crippen LogP contribution in [0.3, 0.4) is 0 Å². The quantitative estimate of drug-likeness (QED) is 0.302. The molecule has 1 aliphatic heterocycles. The number of benzene rings is 2. The second kappa shape index (κ2) is 9.41. The van der Waals surface area contributed by atoms with Crippen LogP contribution in [0.5, 0.6) is 0 Å². The van der Waals surface area contributed by atoms with Crippen LogP contribution in [0.4, 0.5) is 5.69 Å². The largest absolute Gasteiger partial charge is 0.478 e. The van der Waals surface area contributed by atoms with Crippen LogP contribution in [-0.4, -0.2) is 25.7 Å². The third kappa shape index (κ3) is 4.14. The van der Waals surface area contributed by atoms with Gasteiger partial charge in [0.2, 0.25) is 0 Å². The molecule has 2 aromatic carbocycles. The Bertz CT molecular complexity index is 1470. The molecule has 1 saturated heterocycles. The van der Waals surface area contributed by atoms with E-state index in [1.807, 2.05) is 62.4 Å². The molecule has 1 aliphatic rings. The number of halogens is 1. The molecular weight excluding hydrogens is 492 g/mol. The topological polar surface area (TPSA) is 70.4 Å². The monoisotopic (exact) mass is 516 g/mol. The number of hydrogen-bond donors (Lipinski definition) is 2. The van der Waals surface area contributed by atoms with Crippen LogP contribution in [0.25, 0.3) is 5.69 Å². The van der Waals surface area contributed by atoms with E-state index in [1.165, 1.54) is 0 Å². The van der Waals surface area contributed by atoms with Crippen molar-refractivity contribution in [3.8, 4) is 5.69 Å². The maximum atomic E-state index is 11.7. The van der Waals surface area contributed by atoms with Gasteiger partial charge in [0.25, 0.3) is 0 Å². The van der Waals surface area contributed by atoms with Crippen LogP contribution in [0.15, 0.2) is 72.9 Å². The van der Waals surface area contributed by atoms with Gasteiger partial charge >= 0.3 is 5.97 Å². The van der Waals surface area contributed by atoms with Crippen molar-refractivity contribution in [3.05, 3.63) is 112 Å². The zero-order valence-electron chi connectivity index (χ0n) is 20.1. The van der Waals surface area contributed by atoms with Crippen LogP contribution in [0, 0.1) is 20.8 Å². The van der Waals surface area contributed by atoms with E-state index in [0.717, 1.165) is 39.6 Å². The first kappa shape index (κ1) is 24.0. The molecule has 1 fully saturated rings. The van der Waals surface area contributed by atoms with Crippen LogP contribution >= 0.6 is 23.8 Å². The lowest BCUT2D eigenvalue weighted by molar-refractivity contribution is 0.0697. The zero-order valence-corrected chi connectivity index (χ0v) is 21.6. The minimum atomic E-state index is -0.951. The highest BCUT2D eigenvalue weighted by molar-refractivity contribution is 7.80. The van der Waals surface area contributed by atoms with Gasteiger partial charge in [-0.2, -0.15) is 0 Å². The van der Waals surface area contributed by atoms with E-state index < -0.39 is 5.97 Å². The zero-order chi connectivity index (χ0) is 25.6. The van der Waals surface area contributed by atoms with Crippen molar-refractivity contribution in [1.29, 1.82) is 0 Å². The van der Waals surface area contributed by atoms with E-state index in [2.05, 4.69) is 32.8 Å². The van der Waals surface area contributed by atoms with Crippen molar-refractivity contribution in [2.75, 3.05) is 4.90 Å². The Kier molecular flexibility index (Phi) is 6.28. The normalized spacial score (nSPS) is 17.3. The van der Waals surface area contributed by atoms with Crippen LogP contribution in [-0.2, 0) is 0 Å². The summed E-state index contributed by atoms with van der Waals surface area (Å²) in [7, 11) is 0. The fourth-order valence-corrected chi connectivity index (χ4v) is 5.46. The van der Waals surface area contributed by atoms with Gasteiger partial charge < -0.3 is 19.9 Å². The van der Waals surface area contributed by atoms with Crippen molar-refractivity contribution < 1.29 is 9.90 Å². The second-order valence-electron chi connectivity index (χ2n) is 8.94. The molecule has 0 radical (unpaired) electrons. The Morgan fingerprint density at radius 2 is 1.81 bits per heavy atom. The van der Waals surface area contributed by atoms with Crippen LogP contribution in [0.1, 0.15) is 50.7 Å². The summed E-state index contributed by atoms with van der Waals surface area (Å²) in [6, 6.07) is 20.5. The summed E-state index contributed by atoms with van der Waals surface area (Å²) in [6.45, 7) is 6.08. The molecule has 182 valence electrons. The minimum Gasteiger partial charge on any atom is -0.478 e. The first-order valence-corrected chi connectivity index (χ1v) is 12.3. The molecule has 2 atom stereocenters. The van der Waals surface area contributed by atoms with E-state index in [1.54, 1.807) is 18.3 Å². The smallest absolute Gasteiger partial charge is 0.335 e. The molecule has 0 saturated carbocycles. The third-order valence-corrected chi connectivity index (χ3v) is 7.26. The van der Waals surface area contributed by atoms with Gasteiger partial charge in [0.05, 0.1) is 23.3 Å². The number of carboxylic acids is 1. The van der Waals surface area contributed by atoms with Gasteiger partial charge in [-0.15, -0.1) is 0 Å². The first-order valence-electron chi connectivity index (χ1n) is 11.6. The highest BCUT2D eigenvalue weighted by Crippen LogP contribution is 2.44. The predicted molar refractivity (Wildman–Crippen MR) is 146 cm³/mol. The van der Waals surface area contributed by atoms with Crippen molar-refractivity contribution in [3.63, 3.8) is 0 Å². The number of aromatic nitrogens is 2. The van der Waals surface area contributed by atoms with E-state index in [4.69, 9.17) is 23.8 Å². The highest BCUT2D eigenvalue weighted by Gasteiger charge is 2.42. The maximum Gasteiger partial charge on any atom is 0.335 e. The van der Waals surface area contributed by atoms with Crippen molar-refractivity contribution in [1.82, 2.24) is 14.9 Å². The lowest BCUT2D eigenvalue weighted by Gasteiger charge is -2.28. The third-order valence-electron chi connectivity index (χ3n) is 6.69. The summed E-state index contributed by atoms with van der Waals surface area (Å²) < 4.78 is 2.12. The minimum absolute atomic E-state index is 0.184. The molecule has 0 bridgehead atoms. The number of nitrogens with zero attached hydrogens (tertiary/aromatic N) is 3. The summed E-state index contributed by atoms with van der Waals surface area (Å²) in [5.41, 5.74) is 6.98. The lowest BCUT2D eigenvalue weighted by atomic mass is 9.96. The fraction of sp³-hybridized carbons (Fsp3) is 0.179. The second-order valence-corrected chi connectivity index (χ2v) is 9.76. The average molecular weight is 517 g/mol. The summed E-state index contributed by atoms with van der Waals surface area (Å²) in [4.78, 5) is 18.4. The Hall–Kier alpha value is -3.68. The Morgan fingerprint density at radius 3 is 2.47 bits per heavy atom. The summed E-state index contributed by atoms with van der Waals surface area (Å²) in [5, 5.41) is 14.3. The maximum absolute atomic E-state index is 11.7. The summed E-state index contributed by atoms with van der Waals surface area (Å²) in [6.07, 6.45) is 1.78. The Balaban J connectivity index is 1.69. The predicted octanol–water partition coefficient (Wildman–Crippen LogP) is 6.33. The molecule has 36 heavy (non-hydrogen) atoms. The molecule has 4 aromatic rings. The average Bonchev–Trinajstić information content (AvgIpc) is 3.35. The van der Waals surface area contributed by atoms with Gasteiger partial charge in [-0.05, 0) is 98.7 Å². The molecule has 3 heterocycles. The van der Waals surface area contributed by atoms with Gasteiger partial charge in [0.15, 0.2) is 5.11 Å². The molecule has 5 rings (SSSR count). The lowest BCUT2D eigenvalue weighted by Crippen LogP contribution is -2.29. The molecule has 6 nitrogen and oxygen atoms in total. The standard InChI is InChI=1S/C28H25ClN4O2S/c1-16-7-8-19(27(34)35)15-24(16)32-17(2)14-22(18(32)3)26-25(23-6-4-5-13-30-23)31-28(36)33(26)21-11-9-20(29)10-12-21/h4-15,25-26H,1-3H3,(H,31,36)(H,34,35)/t25-,26+/m1/s1. The Labute approximate surface area is 220 Å². The number of anilines is 1. The van der Waals surface area contributed by atoms with E-state index in [9.17, 15) is 9.90 Å². The molecule has 0 spiro atoms. The van der Waals surface area contributed by atoms with Gasteiger partial charge in [-0.1, -0.05) is 23.7 Å². The number of carboxylic acid groups (broad SMARTS) is 1. The number of rotatable bonds is 5. The van der Waals surface area contributed by atoms with E-state index in [0.29, 0.717) is 10.1 Å². The number of aromatic carboxylic acids is 1. The van der Waals surface area contributed by atoms with Crippen LogP contribution < -0.4 is 10.2 Å². The molecule has 8 heteroatoms. The molecule has 2 N–H and O–H groups in total. The van der Waals surface area contributed by atoms with Crippen molar-refractivity contribution in [2.45, 2.75) is 32.9 Å². The molecule has 0 amide bonds. The molecular formula is C28H25ClN4O2S. The van der Waals surface area contributed by atoms with Crippen molar-refractivity contribution >= 4 is 40.6 Å². The van der Waals surface area contributed by atoms with E-state index in [-0.39, 0.29) is 17.6 Å². The van der Waals surface area contributed by atoms with Gasteiger partial charge in [0.1, 0.15) is 0 Å². The number of aryl methyl sites for hydroxylation is 2. The number of pyridine rings is 1. The van der Waals surface area contributed by atoms with Crippen molar-refractivity contribution in [2.24, 2.45) is 0 Å². The highest BCUT2D eigenvalue weighted by atomic mass is 35.5. The summed E-state index contributed by atoms with van der Waals surface area (Å²) >= 11 is 12.0. The van der Waals surface area contributed by atoms with Gasteiger partial charge in [-0.3, -0.25) is 4.98 Å². The summed E-state index contributed by atoms with van der Waals surface area (Å²) in [5.74, 6) is -0.951. The van der Waals surface area contributed by atoms with Crippen LogP contribution in [0.2, 0.25) is 5.02 Å². The SMILES string of the molecule is Cc1ccc(C(=O)O)cc1-n1c(C)cc([C@H]2[C@@H](c3ccccn3)NC(=S)N2c2ccc(Cl)cc2)c1C. The van der Waals surface area contributed by atoms with E-state index >= 15 is 0 Å². The Morgan fingerprint density at radius 1 is 1.06 bits per heavy atom. The number of hydrogen-bond acceptors (Lipinski definition) is 3.